The summed E-state index contributed by atoms with van der Waals surface area (Å²) in [5.41, 5.74) is 7.26. The molecule has 0 aromatic heterocycles. The molecule has 0 heterocycles. The molecule has 1 aromatic carbocycles. The van der Waals surface area contributed by atoms with Gasteiger partial charge in [-0.3, -0.25) is 0 Å². The number of halogens is 1. The van der Waals surface area contributed by atoms with Crippen molar-refractivity contribution in [3.8, 4) is 5.75 Å². The van der Waals surface area contributed by atoms with Crippen LogP contribution in [0.25, 0.3) is 0 Å². The highest BCUT2D eigenvalue weighted by Gasteiger charge is 2.34. The standard InChI is InChI=1S/C13H14ClNO2/c14-9-5-10(7-1-2-7)12(17-13(15)16)11(6-9)8-3-4-8/h5-8H,1-4H2,(H2,15,16). The van der Waals surface area contributed by atoms with Crippen molar-refractivity contribution in [2.45, 2.75) is 37.5 Å². The topological polar surface area (TPSA) is 52.3 Å². The predicted molar refractivity (Wildman–Crippen MR) is 65.6 cm³/mol. The molecule has 2 aliphatic carbocycles. The summed E-state index contributed by atoms with van der Waals surface area (Å²) in [5.74, 6) is 1.65. The minimum Gasteiger partial charge on any atom is -0.410 e. The Hall–Kier alpha value is -1.22. The highest BCUT2D eigenvalue weighted by molar-refractivity contribution is 6.30. The van der Waals surface area contributed by atoms with Crippen molar-refractivity contribution in [1.82, 2.24) is 0 Å². The maximum absolute atomic E-state index is 11.0. The first-order valence-corrected chi connectivity index (χ1v) is 6.33. The maximum Gasteiger partial charge on any atom is 0.409 e. The summed E-state index contributed by atoms with van der Waals surface area (Å²) in [7, 11) is 0. The highest BCUT2D eigenvalue weighted by atomic mass is 35.5. The van der Waals surface area contributed by atoms with Crippen molar-refractivity contribution >= 4 is 17.7 Å². The summed E-state index contributed by atoms with van der Waals surface area (Å²) in [5, 5.41) is 0.727. The first-order valence-electron chi connectivity index (χ1n) is 5.96. The molecule has 17 heavy (non-hydrogen) atoms. The second-order valence-electron chi connectivity index (χ2n) is 4.88. The van der Waals surface area contributed by atoms with E-state index in [1.165, 1.54) is 0 Å². The minimum absolute atomic E-state index is 0.487. The molecule has 3 nitrogen and oxygen atoms in total. The van der Waals surface area contributed by atoms with E-state index in [2.05, 4.69) is 0 Å². The summed E-state index contributed by atoms with van der Waals surface area (Å²) in [6.45, 7) is 0. The summed E-state index contributed by atoms with van der Waals surface area (Å²) >= 11 is 6.13. The molecule has 0 atom stereocenters. The number of rotatable bonds is 3. The van der Waals surface area contributed by atoms with Crippen LogP contribution in [0, 0.1) is 0 Å². The summed E-state index contributed by atoms with van der Waals surface area (Å²) < 4.78 is 5.21. The van der Waals surface area contributed by atoms with Crippen molar-refractivity contribution in [3.63, 3.8) is 0 Å². The molecular weight excluding hydrogens is 238 g/mol. The van der Waals surface area contributed by atoms with Crippen molar-refractivity contribution in [1.29, 1.82) is 0 Å². The Bertz CT molecular complexity index is 445. The van der Waals surface area contributed by atoms with E-state index in [4.69, 9.17) is 22.1 Å². The Morgan fingerprint density at radius 1 is 1.18 bits per heavy atom. The molecule has 2 fully saturated rings. The van der Waals surface area contributed by atoms with Gasteiger partial charge in [0, 0.05) is 5.02 Å². The van der Waals surface area contributed by atoms with Gasteiger partial charge < -0.3 is 10.5 Å². The lowest BCUT2D eigenvalue weighted by Gasteiger charge is -2.13. The molecule has 0 saturated heterocycles. The molecule has 1 amide bonds. The number of ether oxygens (including phenoxy) is 1. The number of carbonyl (C=O) groups is 1. The second kappa shape index (κ2) is 3.91. The number of benzene rings is 1. The lowest BCUT2D eigenvalue weighted by Crippen LogP contribution is -2.18. The van der Waals surface area contributed by atoms with E-state index in [1.54, 1.807) is 0 Å². The van der Waals surface area contributed by atoms with Gasteiger partial charge in [-0.25, -0.2) is 4.79 Å². The monoisotopic (exact) mass is 251 g/mol. The predicted octanol–water partition coefficient (Wildman–Crippen LogP) is 3.55. The Balaban J connectivity index is 2.07. The Morgan fingerprint density at radius 3 is 2.00 bits per heavy atom. The SMILES string of the molecule is NC(=O)Oc1c(C2CC2)cc(Cl)cc1C1CC1. The average Bonchev–Trinajstić information content (AvgIpc) is 3.14. The van der Waals surface area contributed by atoms with Crippen molar-refractivity contribution in [2.75, 3.05) is 0 Å². The van der Waals surface area contributed by atoms with E-state index in [0.29, 0.717) is 17.6 Å². The van der Waals surface area contributed by atoms with Gasteiger partial charge in [0.05, 0.1) is 0 Å². The van der Waals surface area contributed by atoms with E-state index in [1.807, 2.05) is 12.1 Å². The number of primary amides is 1. The van der Waals surface area contributed by atoms with E-state index < -0.39 is 6.09 Å². The van der Waals surface area contributed by atoms with Crippen LogP contribution in [0.4, 0.5) is 4.79 Å². The van der Waals surface area contributed by atoms with Gasteiger partial charge in [-0.2, -0.15) is 0 Å². The zero-order valence-electron chi connectivity index (χ0n) is 9.41. The van der Waals surface area contributed by atoms with Crippen LogP contribution < -0.4 is 10.5 Å². The van der Waals surface area contributed by atoms with E-state index in [0.717, 1.165) is 41.8 Å². The summed E-state index contributed by atoms with van der Waals surface area (Å²) in [6, 6.07) is 3.81. The normalized spacial score (nSPS) is 19.1. The molecule has 2 N–H and O–H groups in total. The van der Waals surface area contributed by atoms with E-state index in [9.17, 15) is 4.79 Å². The molecule has 1 aromatic rings. The number of amides is 1. The van der Waals surface area contributed by atoms with Gasteiger partial charge >= 0.3 is 6.09 Å². The minimum atomic E-state index is -0.740. The fraction of sp³-hybridized carbons (Fsp3) is 0.462. The van der Waals surface area contributed by atoms with Crippen molar-refractivity contribution < 1.29 is 9.53 Å². The van der Waals surface area contributed by atoms with Crippen LogP contribution in [0.3, 0.4) is 0 Å². The molecule has 0 radical (unpaired) electrons. The Kier molecular flexibility index (Phi) is 2.51. The molecule has 0 spiro atoms. The number of carbonyl (C=O) groups excluding carboxylic acids is 1. The lowest BCUT2D eigenvalue weighted by atomic mass is 10.0. The van der Waals surface area contributed by atoms with Gasteiger partial charge in [0.15, 0.2) is 0 Å². The summed E-state index contributed by atoms with van der Waals surface area (Å²) in [6.07, 6.45) is 3.81. The molecule has 0 bridgehead atoms. The molecule has 0 unspecified atom stereocenters. The molecule has 0 aliphatic heterocycles. The van der Waals surface area contributed by atoms with Crippen LogP contribution in [-0.4, -0.2) is 6.09 Å². The van der Waals surface area contributed by atoms with Gasteiger partial charge in [0.25, 0.3) is 0 Å². The third-order valence-electron chi connectivity index (χ3n) is 3.35. The molecular formula is C13H14ClNO2. The third kappa shape index (κ3) is 2.25. The Labute approximate surface area is 105 Å². The van der Waals surface area contributed by atoms with Gasteiger partial charge in [0.2, 0.25) is 0 Å². The first kappa shape index (κ1) is 10.9. The van der Waals surface area contributed by atoms with Crippen LogP contribution in [0.2, 0.25) is 5.02 Å². The number of hydrogen-bond acceptors (Lipinski definition) is 2. The summed E-state index contributed by atoms with van der Waals surface area (Å²) in [4.78, 5) is 11.0. The molecule has 2 saturated carbocycles. The van der Waals surface area contributed by atoms with Crippen LogP contribution in [0.1, 0.15) is 48.6 Å². The highest BCUT2D eigenvalue weighted by Crippen LogP contribution is 2.52. The zero-order valence-corrected chi connectivity index (χ0v) is 10.2. The van der Waals surface area contributed by atoms with Crippen molar-refractivity contribution in [3.05, 3.63) is 28.3 Å². The fourth-order valence-electron chi connectivity index (χ4n) is 2.25. The van der Waals surface area contributed by atoms with Gasteiger partial charge in [0.1, 0.15) is 5.75 Å². The van der Waals surface area contributed by atoms with Crippen LogP contribution in [0.5, 0.6) is 5.75 Å². The van der Waals surface area contributed by atoms with Gasteiger partial charge in [-0.1, -0.05) is 11.6 Å². The van der Waals surface area contributed by atoms with Crippen LogP contribution in [0.15, 0.2) is 12.1 Å². The molecule has 2 aliphatic rings. The van der Waals surface area contributed by atoms with Gasteiger partial charge in [-0.15, -0.1) is 0 Å². The molecule has 3 rings (SSSR count). The lowest BCUT2D eigenvalue weighted by molar-refractivity contribution is 0.210. The van der Waals surface area contributed by atoms with Crippen LogP contribution >= 0.6 is 11.6 Å². The first-order chi connectivity index (χ1) is 8.15. The van der Waals surface area contributed by atoms with Crippen LogP contribution in [-0.2, 0) is 0 Å². The largest absolute Gasteiger partial charge is 0.410 e. The average molecular weight is 252 g/mol. The second-order valence-corrected chi connectivity index (χ2v) is 5.32. The van der Waals surface area contributed by atoms with Gasteiger partial charge in [-0.05, 0) is 60.8 Å². The van der Waals surface area contributed by atoms with E-state index >= 15 is 0 Å². The Morgan fingerprint density at radius 2 is 1.65 bits per heavy atom. The number of nitrogens with two attached hydrogens (primary N) is 1. The quantitative estimate of drug-likeness (QED) is 0.893. The zero-order chi connectivity index (χ0) is 12.0. The fourth-order valence-corrected chi connectivity index (χ4v) is 2.49. The molecule has 90 valence electrons. The van der Waals surface area contributed by atoms with E-state index in [-0.39, 0.29) is 0 Å². The third-order valence-corrected chi connectivity index (χ3v) is 3.57. The smallest absolute Gasteiger partial charge is 0.409 e. The molecule has 4 heteroatoms. The number of hydrogen-bond donors (Lipinski definition) is 1. The van der Waals surface area contributed by atoms with Crippen molar-refractivity contribution in [2.24, 2.45) is 5.73 Å². The maximum atomic E-state index is 11.0.